The normalized spacial score (nSPS) is 34.9. The fraction of sp³-hybridized carbons (Fsp3) is 0.882. The SMILES string of the molecule is CCN(C(=O)C(=O)NC(C)C1CC2CCC1C2)C1CCS(=O)(=O)C1. The zero-order valence-electron chi connectivity index (χ0n) is 14.5. The molecule has 136 valence electrons. The van der Waals surface area contributed by atoms with Crippen molar-refractivity contribution in [1.29, 1.82) is 0 Å². The molecule has 3 aliphatic rings. The van der Waals surface area contributed by atoms with Crippen LogP contribution in [0.1, 0.15) is 46.0 Å². The number of rotatable bonds is 4. The first kappa shape index (κ1) is 17.7. The Morgan fingerprint density at radius 2 is 1.96 bits per heavy atom. The first-order valence-electron chi connectivity index (χ1n) is 9.12. The summed E-state index contributed by atoms with van der Waals surface area (Å²) in [6, 6.07) is -0.362. The van der Waals surface area contributed by atoms with Gasteiger partial charge in [0, 0.05) is 18.6 Å². The van der Waals surface area contributed by atoms with E-state index >= 15 is 0 Å². The second-order valence-corrected chi connectivity index (χ2v) is 9.98. The Hall–Kier alpha value is -1.11. The van der Waals surface area contributed by atoms with Crippen LogP contribution in [0.4, 0.5) is 0 Å². The molecule has 1 aliphatic heterocycles. The molecule has 0 aromatic carbocycles. The number of amides is 2. The molecule has 0 spiro atoms. The number of hydrogen-bond acceptors (Lipinski definition) is 4. The lowest BCUT2D eigenvalue weighted by atomic mass is 9.84. The summed E-state index contributed by atoms with van der Waals surface area (Å²) in [5.41, 5.74) is 0. The van der Waals surface area contributed by atoms with Gasteiger partial charge in [-0.05, 0) is 57.3 Å². The average molecular weight is 356 g/mol. The van der Waals surface area contributed by atoms with Crippen LogP contribution < -0.4 is 5.32 Å². The summed E-state index contributed by atoms with van der Waals surface area (Å²) in [4.78, 5) is 26.3. The molecule has 1 N–H and O–H groups in total. The van der Waals surface area contributed by atoms with Crippen molar-refractivity contribution in [2.24, 2.45) is 17.8 Å². The van der Waals surface area contributed by atoms with Crippen molar-refractivity contribution < 1.29 is 18.0 Å². The summed E-state index contributed by atoms with van der Waals surface area (Å²) >= 11 is 0. The molecule has 0 radical (unpaired) electrons. The van der Waals surface area contributed by atoms with Gasteiger partial charge in [0.05, 0.1) is 11.5 Å². The van der Waals surface area contributed by atoms with Gasteiger partial charge in [-0.2, -0.15) is 0 Å². The summed E-state index contributed by atoms with van der Waals surface area (Å²) < 4.78 is 23.3. The molecule has 5 unspecified atom stereocenters. The van der Waals surface area contributed by atoms with Gasteiger partial charge in [0.1, 0.15) is 0 Å². The maximum absolute atomic E-state index is 12.5. The van der Waals surface area contributed by atoms with Crippen LogP contribution in [0.5, 0.6) is 0 Å². The number of carbonyl (C=O) groups excluding carboxylic acids is 2. The van der Waals surface area contributed by atoms with Gasteiger partial charge in [-0.3, -0.25) is 9.59 Å². The van der Waals surface area contributed by atoms with Crippen LogP contribution in [0.25, 0.3) is 0 Å². The van der Waals surface area contributed by atoms with Crippen molar-refractivity contribution in [1.82, 2.24) is 10.2 Å². The van der Waals surface area contributed by atoms with Crippen molar-refractivity contribution >= 4 is 21.7 Å². The lowest BCUT2D eigenvalue weighted by Gasteiger charge is -2.30. The molecule has 5 atom stereocenters. The van der Waals surface area contributed by atoms with Crippen molar-refractivity contribution in [2.75, 3.05) is 18.1 Å². The molecule has 3 rings (SSSR count). The van der Waals surface area contributed by atoms with Gasteiger partial charge in [0.2, 0.25) is 0 Å². The fourth-order valence-electron chi connectivity index (χ4n) is 5.00. The number of nitrogens with one attached hydrogen (secondary N) is 1. The first-order chi connectivity index (χ1) is 11.3. The Kier molecular flexibility index (Phi) is 4.91. The highest BCUT2D eigenvalue weighted by Gasteiger charge is 2.43. The van der Waals surface area contributed by atoms with Crippen LogP contribution >= 0.6 is 0 Å². The predicted octanol–water partition coefficient (Wildman–Crippen LogP) is 0.963. The molecule has 2 aliphatic carbocycles. The van der Waals surface area contributed by atoms with E-state index in [2.05, 4.69) is 5.32 Å². The second kappa shape index (κ2) is 6.65. The highest BCUT2D eigenvalue weighted by Crippen LogP contribution is 2.49. The molecule has 6 nitrogen and oxygen atoms in total. The Morgan fingerprint density at radius 1 is 1.21 bits per heavy atom. The zero-order valence-corrected chi connectivity index (χ0v) is 15.3. The van der Waals surface area contributed by atoms with Crippen LogP contribution in [0, 0.1) is 17.8 Å². The molecule has 1 heterocycles. The molecular formula is C17H28N2O4S. The summed E-state index contributed by atoms with van der Waals surface area (Å²) in [5.74, 6) is 0.855. The number of hydrogen-bond donors (Lipinski definition) is 1. The molecule has 2 saturated carbocycles. The Labute approximate surface area is 144 Å². The topological polar surface area (TPSA) is 83.6 Å². The fourth-order valence-corrected chi connectivity index (χ4v) is 6.73. The van der Waals surface area contributed by atoms with Crippen LogP contribution in [0.3, 0.4) is 0 Å². The molecule has 0 aromatic heterocycles. The summed E-state index contributed by atoms with van der Waals surface area (Å²) in [7, 11) is -3.08. The van der Waals surface area contributed by atoms with E-state index in [9.17, 15) is 18.0 Å². The van der Waals surface area contributed by atoms with E-state index in [0.717, 1.165) is 12.3 Å². The zero-order chi connectivity index (χ0) is 17.5. The Bertz CT molecular complexity index is 618. The van der Waals surface area contributed by atoms with Crippen molar-refractivity contribution in [3.8, 4) is 0 Å². The molecule has 3 fully saturated rings. The molecule has 1 saturated heterocycles. The van der Waals surface area contributed by atoms with E-state index in [4.69, 9.17) is 0 Å². The quantitative estimate of drug-likeness (QED) is 0.761. The van der Waals surface area contributed by atoms with E-state index in [-0.39, 0.29) is 23.6 Å². The molecular weight excluding hydrogens is 328 g/mol. The van der Waals surface area contributed by atoms with Crippen molar-refractivity contribution in [2.45, 2.75) is 58.0 Å². The number of carbonyl (C=O) groups is 2. The van der Waals surface area contributed by atoms with Gasteiger partial charge in [0.15, 0.2) is 9.84 Å². The maximum atomic E-state index is 12.5. The smallest absolute Gasteiger partial charge is 0.312 e. The van der Waals surface area contributed by atoms with E-state index in [1.165, 1.54) is 24.2 Å². The van der Waals surface area contributed by atoms with Crippen LogP contribution in [-0.2, 0) is 19.4 Å². The standard InChI is InChI=1S/C17H28N2O4S/c1-3-19(14-6-7-24(22,23)10-14)17(21)16(20)18-11(2)15-9-12-4-5-13(15)8-12/h11-15H,3-10H2,1-2H3,(H,18,20). The highest BCUT2D eigenvalue weighted by molar-refractivity contribution is 7.91. The van der Waals surface area contributed by atoms with Crippen LogP contribution in [0.15, 0.2) is 0 Å². The van der Waals surface area contributed by atoms with Crippen LogP contribution in [0.2, 0.25) is 0 Å². The number of sulfone groups is 1. The van der Waals surface area contributed by atoms with Gasteiger partial charge in [-0.25, -0.2) is 8.42 Å². The van der Waals surface area contributed by atoms with E-state index in [0.29, 0.717) is 24.8 Å². The van der Waals surface area contributed by atoms with E-state index < -0.39 is 21.7 Å². The van der Waals surface area contributed by atoms with E-state index in [1.807, 2.05) is 6.92 Å². The van der Waals surface area contributed by atoms with Gasteiger partial charge >= 0.3 is 11.8 Å². The Balaban J connectivity index is 1.58. The minimum atomic E-state index is -3.08. The minimum absolute atomic E-state index is 0.00256. The highest BCUT2D eigenvalue weighted by atomic mass is 32.2. The van der Waals surface area contributed by atoms with Crippen LogP contribution in [-0.4, -0.2) is 55.3 Å². The maximum Gasteiger partial charge on any atom is 0.312 e. The number of likely N-dealkylation sites (N-methyl/N-ethyl adjacent to an activating group) is 1. The molecule has 2 bridgehead atoms. The third kappa shape index (κ3) is 3.46. The van der Waals surface area contributed by atoms with Crippen molar-refractivity contribution in [3.05, 3.63) is 0 Å². The van der Waals surface area contributed by atoms with E-state index in [1.54, 1.807) is 6.92 Å². The average Bonchev–Trinajstić information content (AvgIpc) is 3.23. The van der Waals surface area contributed by atoms with Gasteiger partial charge in [-0.15, -0.1) is 0 Å². The molecule has 2 amide bonds. The molecule has 7 heteroatoms. The third-order valence-corrected chi connectivity index (χ3v) is 7.99. The minimum Gasteiger partial charge on any atom is -0.345 e. The van der Waals surface area contributed by atoms with Gasteiger partial charge in [-0.1, -0.05) is 6.42 Å². The van der Waals surface area contributed by atoms with Gasteiger partial charge < -0.3 is 10.2 Å². The second-order valence-electron chi connectivity index (χ2n) is 7.75. The third-order valence-electron chi connectivity index (χ3n) is 6.24. The largest absolute Gasteiger partial charge is 0.345 e. The first-order valence-corrected chi connectivity index (χ1v) is 10.9. The predicted molar refractivity (Wildman–Crippen MR) is 91.0 cm³/mol. The summed E-state index contributed by atoms with van der Waals surface area (Å²) in [6.07, 6.45) is 5.39. The van der Waals surface area contributed by atoms with Gasteiger partial charge in [0.25, 0.3) is 0 Å². The van der Waals surface area contributed by atoms with Crippen molar-refractivity contribution in [3.63, 3.8) is 0 Å². The summed E-state index contributed by atoms with van der Waals surface area (Å²) in [6.45, 7) is 4.14. The molecule has 24 heavy (non-hydrogen) atoms. The lowest BCUT2D eigenvalue weighted by Crippen LogP contribution is -2.51. The Morgan fingerprint density at radius 3 is 2.46 bits per heavy atom. The summed E-state index contributed by atoms with van der Waals surface area (Å²) in [5, 5.41) is 2.89. The monoisotopic (exact) mass is 356 g/mol. The lowest BCUT2D eigenvalue weighted by molar-refractivity contribution is -0.147. The number of nitrogens with zero attached hydrogens (tertiary/aromatic N) is 1. The number of fused-ring (bicyclic) bond motifs is 2. The molecule has 0 aromatic rings.